The predicted octanol–water partition coefficient (Wildman–Crippen LogP) is 3.56. The van der Waals surface area contributed by atoms with Crippen LogP contribution in [0.4, 0.5) is 11.9 Å². The van der Waals surface area contributed by atoms with Gasteiger partial charge in [0.1, 0.15) is 33.0 Å². The average molecular weight is 826 g/mol. The minimum Gasteiger partial charge on any atom is -0.491 e. The van der Waals surface area contributed by atoms with Crippen LogP contribution in [0.2, 0.25) is 0 Å². The number of primary amides is 2. The van der Waals surface area contributed by atoms with E-state index < -0.39 is 17.7 Å². The first-order valence-electron chi connectivity index (χ1n) is 19.4. The number of amides is 4. The number of hydrogen-bond donors (Lipinski definition) is 4. The van der Waals surface area contributed by atoms with E-state index in [0.29, 0.717) is 87.7 Å². The molecular weight excluding hydrogens is 779 g/mol. The predicted molar refractivity (Wildman–Crippen MR) is 222 cm³/mol. The Hall–Kier alpha value is -6.38. The van der Waals surface area contributed by atoms with Gasteiger partial charge in [-0.25, -0.2) is 9.97 Å². The number of ether oxygens (including phenoxy) is 2. The first-order chi connectivity index (χ1) is 28.4. The van der Waals surface area contributed by atoms with Gasteiger partial charge in [-0.15, -0.1) is 11.3 Å². The Morgan fingerprint density at radius 3 is 2.00 bits per heavy atom. The topological polar surface area (TPSA) is 237 Å². The molecule has 7 rings (SSSR count). The summed E-state index contributed by atoms with van der Waals surface area (Å²) in [7, 11) is 0. The number of carbonyl (C=O) groups is 4. The van der Waals surface area contributed by atoms with Crippen molar-refractivity contribution >= 4 is 68.2 Å². The molecule has 6 N–H and O–H groups in total. The maximum Gasteiger partial charge on any atom is 0.276 e. The third kappa shape index (κ3) is 8.88. The van der Waals surface area contributed by atoms with Crippen LogP contribution in [0.25, 0.3) is 21.4 Å². The van der Waals surface area contributed by atoms with Crippen LogP contribution in [0.15, 0.2) is 42.5 Å². The van der Waals surface area contributed by atoms with Crippen molar-refractivity contribution in [2.75, 3.05) is 50.1 Å². The molecule has 0 saturated carbocycles. The zero-order valence-electron chi connectivity index (χ0n) is 33.4. The Kier molecular flexibility index (Phi) is 12.2. The summed E-state index contributed by atoms with van der Waals surface area (Å²) >= 11 is 1.17. The third-order valence-electron chi connectivity index (χ3n) is 9.80. The smallest absolute Gasteiger partial charge is 0.276 e. The number of benzene rings is 1. The highest BCUT2D eigenvalue weighted by molar-refractivity contribution is 7.20. The lowest BCUT2D eigenvalue weighted by Crippen LogP contribution is -2.37. The maximum atomic E-state index is 13.7. The maximum absolute atomic E-state index is 13.7. The molecule has 0 aliphatic carbocycles. The number of morpholine rings is 1. The van der Waals surface area contributed by atoms with Gasteiger partial charge in [0.2, 0.25) is 17.8 Å². The summed E-state index contributed by atoms with van der Waals surface area (Å²) in [6, 6.07) is 8.17. The quantitative estimate of drug-likeness (QED) is 0.0766. The Bertz CT molecular complexity index is 2570. The second-order valence-corrected chi connectivity index (χ2v) is 15.0. The van der Waals surface area contributed by atoms with Crippen molar-refractivity contribution in [3.63, 3.8) is 0 Å². The molecule has 6 heterocycles. The van der Waals surface area contributed by atoms with Crippen LogP contribution in [0.1, 0.15) is 72.7 Å². The van der Waals surface area contributed by atoms with Gasteiger partial charge in [-0.3, -0.25) is 48.6 Å². The number of aromatic nitrogens is 8. The van der Waals surface area contributed by atoms with E-state index in [4.69, 9.17) is 25.9 Å². The van der Waals surface area contributed by atoms with Crippen LogP contribution in [0.3, 0.4) is 0 Å². The van der Waals surface area contributed by atoms with Crippen molar-refractivity contribution in [2.24, 2.45) is 11.5 Å². The number of carbonyl (C=O) groups excluding carboxylic acids is 4. The molecule has 0 spiro atoms. The average Bonchev–Trinajstić information content (AvgIpc) is 4.04. The summed E-state index contributed by atoms with van der Waals surface area (Å²) in [6.07, 6.45) is 4.46. The van der Waals surface area contributed by atoms with Crippen LogP contribution >= 0.6 is 11.3 Å². The largest absolute Gasteiger partial charge is 0.491 e. The summed E-state index contributed by atoms with van der Waals surface area (Å²) in [6.45, 7) is 13.1. The number of allylic oxidation sites excluding steroid dienone is 2. The monoisotopic (exact) mass is 825 g/mol. The highest BCUT2D eigenvalue weighted by Gasteiger charge is 2.23. The zero-order chi connectivity index (χ0) is 41.8. The van der Waals surface area contributed by atoms with Crippen LogP contribution in [-0.2, 0) is 30.9 Å². The molecule has 0 radical (unpaired) electrons. The minimum atomic E-state index is -0.649. The Labute approximate surface area is 342 Å². The molecule has 1 saturated heterocycles. The number of rotatable bonds is 17. The molecule has 19 nitrogen and oxygen atoms in total. The molecule has 4 amide bonds. The second-order valence-electron chi connectivity index (χ2n) is 14.0. The van der Waals surface area contributed by atoms with Crippen molar-refractivity contribution in [3.05, 3.63) is 75.7 Å². The van der Waals surface area contributed by atoms with E-state index in [2.05, 4.69) is 30.7 Å². The molecule has 310 valence electrons. The lowest BCUT2D eigenvalue weighted by molar-refractivity contribution is 0.0358. The molecule has 1 aromatic carbocycles. The number of thiophene rings is 1. The normalized spacial score (nSPS) is 13.5. The van der Waals surface area contributed by atoms with E-state index in [1.807, 2.05) is 39.8 Å². The molecule has 5 aromatic heterocycles. The highest BCUT2D eigenvalue weighted by Crippen LogP contribution is 2.32. The summed E-state index contributed by atoms with van der Waals surface area (Å²) in [5, 5.41) is 14.7. The zero-order valence-corrected chi connectivity index (χ0v) is 34.2. The van der Waals surface area contributed by atoms with Crippen LogP contribution in [-0.4, -0.2) is 107 Å². The van der Waals surface area contributed by atoms with Gasteiger partial charge in [-0.2, -0.15) is 10.2 Å². The fraction of sp³-hybridized carbons (Fsp3) is 0.385. The van der Waals surface area contributed by atoms with Gasteiger partial charge in [0, 0.05) is 51.4 Å². The van der Waals surface area contributed by atoms with Gasteiger partial charge in [0.15, 0.2) is 0 Å². The Morgan fingerprint density at radius 2 is 1.41 bits per heavy atom. The number of aryl methyl sites for hydroxylation is 4. The number of hydrogen-bond acceptors (Lipinski definition) is 12. The summed E-state index contributed by atoms with van der Waals surface area (Å²) in [4.78, 5) is 64.5. The number of nitrogens with one attached hydrogen (secondary N) is 2. The number of nitrogens with two attached hydrogens (primary N) is 2. The van der Waals surface area contributed by atoms with E-state index in [-0.39, 0.29) is 36.5 Å². The fourth-order valence-electron chi connectivity index (χ4n) is 6.98. The molecular formula is C39H47N13O6S. The van der Waals surface area contributed by atoms with Gasteiger partial charge in [0.05, 0.1) is 41.6 Å². The number of imidazole rings is 2. The van der Waals surface area contributed by atoms with E-state index in [9.17, 15) is 19.2 Å². The van der Waals surface area contributed by atoms with Crippen LogP contribution in [0, 0.1) is 13.8 Å². The molecule has 0 atom stereocenters. The second kappa shape index (κ2) is 17.6. The summed E-state index contributed by atoms with van der Waals surface area (Å²) in [5.74, 6) is -1.17. The standard InChI is InChI=1S/C39H47N13O6S/c1-5-51-28(18-23(3)46-51)35(55)44-38-42-26-20-25(33(40)53)21-30(58-15-9-10-48-13-16-57-17-14-48)32(26)49(38)11-7-8-12-50-37-27(22-31(59-37)34(41)54)43-39(50)45-36(56)29-19-24(4)47-52(29)6-2/h7-8,18-22H,5-6,9-17H2,1-4H3,(H2,40,53)(H2,41,54)(H,42,44,55)(H,43,45,56). The molecule has 20 heteroatoms. The molecule has 59 heavy (non-hydrogen) atoms. The number of nitrogens with zero attached hydrogens (tertiary/aromatic N) is 9. The van der Waals surface area contributed by atoms with E-state index >= 15 is 0 Å². The number of fused-ring (bicyclic) bond motifs is 2. The van der Waals surface area contributed by atoms with Gasteiger partial charge >= 0.3 is 0 Å². The van der Waals surface area contributed by atoms with E-state index in [1.54, 1.807) is 48.8 Å². The lowest BCUT2D eigenvalue weighted by atomic mass is 10.1. The van der Waals surface area contributed by atoms with Gasteiger partial charge < -0.3 is 25.5 Å². The van der Waals surface area contributed by atoms with Crippen molar-refractivity contribution in [1.29, 1.82) is 0 Å². The van der Waals surface area contributed by atoms with Gasteiger partial charge in [-0.05, 0) is 64.4 Å². The van der Waals surface area contributed by atoms with E-state index in [1.165, 1.54) is 11.3 Å². The summed E-state index contributed by atoms with van der Waals surface area (Å²) in [5.41, 5.74) is 15.2. The van der Waals surface area contributed by atoms with Crippen molar-refractivity contribution in [2.45, 2.75) is 60.3 Å². The van der Waals surface area contributed by atoms with E-state index in [0.717, 1.165) is 26.1 Å². The molecule has 1 aliphatic heterocycles. The Balaban J connectivity index is 1.21. The third-order valence-corrected chi connectivity index (χ3v) is 11.0. The van der Waals surface area contributed by atoms with Crippen LogP contribution < -0.4 is 26.8 Å². The van der Waals surface area contributed by atoms with Crippen molar-refractivity contribution in [3.8, 4) is 5.75 Å². The first-order valence-corrected chi connectivity index (χ1v) is 20.2. The first kappa shape index (κ1) is 40.8. The van der Waals surface area contributed by atoms with Crippen molar-refractivity contribution in [1.82, 2.24) is 43.6 Å². The fourth-order valence-corrected chi connectivity index (χ4v) is 7.94. The highest BCUT2D eigenvalue weighted by atomic mass is 32.1. The van der Waals surface area contributed by atoms with Gasteiger partial charge in [-0.1, -0.05) is 12.2 Å². The lowest BCUT2D eigenvalue weighted by Gasteiger charge is -2.26. The molecule has 1 aliphatic rings. The van der Waals surface area contributed by atoms with Crippen molar-refractivity contribution < 1.29 is 28.7 Å². The molecule has 1 fully saturated rings. The molecule has 0 unspecified atom stereocenters. The summed E-state index contributed by atoms with van der Waals surface area (Å²) < 4.78 is 18.6. The minimum absolute atomic E-state index is 0.198. The Morgan fingerprint density at radius 1 is 0.814 bits per heavy atom. The van der Waals surface area contributed by atoms with Crippen LogP contribution in [0.5, 0.6) is 5.75 Å². The number of anilines is 2. The SMILES string of the molecule is CCn1nc(C)cc1C(=O)Nc1nc2cc(C(N)=O)sc2n1CC=CCn1c(NC(=O)c2cc(C)nn2CC)nc2cc(C(N)=O)cc(OCCCN3CCOCC3)c21. The molecule has 0 bridgehead atoms. The molecule has 6 aromatic rings. The van der Waals surface area contributed by atoms with Gasteiger partial charge in [0.25, 0.3) is 17.7 Å².